The summed E-state index contributed by atoms with van der Waals surface area (Å²) in [5.41, 5.74) is 0.690. The largest absolute Gasteiger partial charge is 0.392 e. The van der Waals surface area contributed by atoms with Crippen molar-refractivity contribution in [2.24, 2.45) is 0 Å². The molecule has 0 aliphatic heterocycles. The molecule has 0 unspecified atom stereocenters. The summed E-state index contributed by atoms with van der Waals surface area (Å²) in [6, 6.07) is 7.65. The number of aliphatic hydroxyl groups is 1. The summed E-state index contributed by atoms with van der Waals surface area (Å²) >= 11 is 0. The summed E-state index contributed by atoms with van der Waals surface area (Å²) in [7, 11) is 0. The molecule has 0 heterocycles. The van der Waals surface area contributed by atoms with E-state index < -0.39 is 28.9 Å². The second-order valence-electron chi connectivity index (χ2n) is 4.36. The minimum Gasteiger partial charge on any atom is -0.392 e. The third kappa shape index (κ3) is 3.41. The van der Waals surface area contributed by atoms with Gasteiger partial charge in [0, 0.05) is 12.6 Å². The molecule has 0 atom stereocenters. The molecule has 0 fully saturated rings. The van der Waals surface area contributed by atoms with E-state index in [9.17, 15) is 18.0 Å². The molecule has 0 spiro atoms. The zero-order valence-electron chi connectivity index (χ0n) is 10.9. The highest BCUT2D eigenvalue weighted by molar-refractivity contribution is 5.94. The number of benzene rings is 2. The van der Waals surface area contributed by atoms with Crippen LogP contribution in [0.15, 0.2) is 36.4 Å². The third-order valence-corrected chi connectivity index (χ3v) is 2.98. The first-order valence-corrected chi connectivity index (χ1v) is 6.13. The van der Waals surface area contributed by atoms with E-state index in [1.165, 1.54) is 0 Å². The molecule has 0 saturated heterocycles. The van der Waals surface area contributed by atoms with Gasteiger partial charge in [0.1, 0.15) is 5.82 Å². The van der Waals surface area contributed by atoms with Crippen molar-refractivity contribution in [2.75, 3.05) is 0 Å². The summed E-state index contributed by atoms with van der Waals surface area (Å²) in [4.78, 5) is 11.8. The van der Waals surface area contributed by atoms with Crippen LogP contribution in [0, 0.1) is 17.5 Å². The minimum atomic E-state index is -1.35. The molecule has 6 heteroatoms. The van der Waals surface area contributed by atoms with Crippen molar-refractivity contribution in [1.82, 2.24) is 5.32 Å². The lowest BCUT2D eigenvalue weighted by molar-refractivity contribution is 0.0946. The van der Waals surface area contributed by atoms with E-state index in [1.807, 2.05) is 0 Å². The van der Waals surface area contributed by atoms with Gasteiger partial charge in [0.25, 0.3) is 5.91 Å². The first kappa shape index (κ1) is 15.1. The molecule has 2 aromatic rings. The molecule has 3 nitrogen and oxygen atoms in total. The summed E-state index contributed by atoms with van der Waals surface area (Å²) in [6.07, 6.45) is 0. The third-order valence-electron chi connectivity index (χ3n) is 2.98. The number of rotatable bonds is 4. The molecule has 2 N–H and O–H groups in total. The predicted molar refractivity (Wildman–Crippen MR) is 69.9 cm³/mol. The van der Waals surface area contributed by atoms with Gasteiger partial charge in [-0.25, -0.2) is 13.2 Å². The Morgan fingerprint density at radius 1 is 1.00 bits per heavy atom. The van der Waals surface area contributed by atoms with Crippen LogP contribution in [0.4, 0.5) is 13.2 Å². The highest BCUT2D eigenvalue weighted by atomic mass is 19.2. The first-order valence-electron chi connectivity index (χ1n) is 6.13. The number of hydrogen-bond acceptors (Lipinski definition) is 2. The monoisotopic (exact) mass is 295 g/mol. The summed E-state index contributed by atoms with van der Waals surface area (Å²) in [5.74, 6) is -4.65. The van der Waals surface area contributed by atoms with Crippen molar-refractivity contribution in [2.45, 2.75) is 13.2 Å². The average molecular weight is 295 g/mol. The van der Waals surface area contributed by atoms with Gasteiger partial charge in [0.2, 0.25) is 0 Å². The van der Waals surface area contributed by atoms with E-state index in [1.54, 1.807) is 24.3 Å². The molecule has 1 amide bonds. The maximum absolute atomic E-state index is 13.4. The number of aliphatic hydroxyl groups excluding tert-OH is 1. The SMILES string of the molecule is O=C(NCc1ccccc1CO)c1cc(F)c(F)cc1F. The molecule has 0 aliphatic rings. The molecular formula is C15H12F3NO2. The van der Waals surface area contributed by atoms with E-state index in [0.717, 1.165) is 0 Å². The Labute approximate surface area is 119 Å². The number of carbonyl (C=O) groups excluding carboxylic acids is 1. The van der Waals surface area contributed by atoms with Crippen LogP contribution in [0.2, 0.25) is 0 Å². The van der Waals surface area contributed by atoms with Gasteiger partial charge < -0.3 is 10.4 Å². The fraction of sp³-hybridized carbons (Fsp3) is 0.133. The van der Waals surface area contributed by atoms with Crippen molar-refractivity contribution in [1.29, 1.82) is 0 Å². The van der Waals surface area contributed by atoms with E-state index in [4.69, 9.17) is 5.11 Å². The molecule has 0 aliphatic carbocycles. The smallest absolute Gasteiger partial charge is 0.254 e. The second kappa shape index (κ2) is 6.41. The van der Waals surface area contributed by atoms with Crippen LogP contribution >= 0.6 is 0 Å². The van der Waals surface area contributed by atoms with Crippen LogP contribution in [0.5, 0.6) is 0 Å². The van der Waals surface area contributed by atoms with Crippen molar-refractivity contribution in [3.05, 3.63) is 70.5 Å². The molecule has 0 aromatic heterocycles. The highest BCUT2D eigenvalue weighted by Gasteiger charge is 2.16. The Bertz CT molecular complexity index is 674. The molecule has 110 valence electrons. The highest BCUT2D eigenvalue weighted by Crippen LogP contribution is 2.14. The number of hydrogen-bond donors (Lipinski definition) is 2. The minimum absolute atomic E-state index is 0.0357. The van der Waals surface area contributed by atoms with Gasteiger partial charge in [0.15, 0.2) is 11.6 Å². The maximum atomic E-state index is 13.4. The lowest BCUT2D eigenvalue weighted by atomic mass is 10.1. The van der Waals surface area contributed by atoms with Gasteiger partial charge in [-0.1, -0.05) is 24.3 Å². The van der Waals surface area contributed by atoms with Crippen molar-refractivity contribution in [3.63, 3.8) is 0 Å². The van der Waals surface area contributed by atoms with E-state index in [2.05, 4.69) is 5.32 Å². The van der Waals surface area contributed by atoms with Crippen LogP contribution in [0.3, 0.4) is 0 Å². The van der Waals surface area contributed by atoms with Gasteiger partial charge in [-0.05, 0) is 17.2 Å². The lowest BCUT2D eigenvalue weighted by Gasteiger charge is -2.09. The normalized spacial score (nSPS) is 10.5. The topological polar surface area (TPSA) is 49.3 Å². The van der Waals surface area contributed by atoms with Crippen LogP contribution in [0.25, 0.3) is 0 Å². The Hall–Kier alpha value is -2.34. The van der Waals surface area contributed by atoms with Gasteiger partial charge in [-0.2, -0.15) is 0 Å². The fourth-order valence-corrected chi connectivity index (χ4v) is 1.85. The number of amides is 1. The van der Waals surface area contributed by atoms with E-state index >= 15 is 0 Å². The van der Waals surface area contributed by atoms with Crippen LogP contribution in [0.1, 0.15) is 21.5 Å². The van der Waals surface area contributed by atoms with Crippen LogP contribution < -0.4 is 5.32 Å². The van der Waals surface area contributed by atoms with Crippen LogP contribution in [-0.2, 0) is 13.2 Å². The molecule has 0 bridgehead atoms. The van der Waals surface area contributed by atoms with E-state index in [0.29, 0.717) is 23.3 Å². The van der Waals surface area contributed by atoms with Gasteiger partial charge in [-0.3, -0.25) is 4.79 Å². The number of carbonyl (C=O) groups is 1. The number of halogens is 3. The quantitative estimate of drug-likeness (QED) is 0.852. The lowest BCUT2D eigenvalue weighted by Crippen LogP contribution is -2.24. The number of nitrogens with one attached hydrogen (secondary N) is 1. The van der Waals surface area contributed by atoms with Crippen molar-refractivity contribution < 1.29 is 23.1 Å². The Morgan fingerprint density at radius 3 is 2.29 bits per heavy atom. The summed E-state index contributed by atoms with van der Waals surface area (Å²) < 4.78 is 39.3. The fourth-order valence-electron chi connectivity index (χ4n) is 1.85. The molecule has 2 rings (SSSR count). The van der Waals surface area contributed by atoms with Crippen LogP contribution in [-0.4, -0.2) is 11.0 Å². The van der Waals surface area contributed by atoms with Gasteiger partial charge in [0.05, 0.1) is 12.2 Å². The Kier molecular flexibility index (Phi) is 4.59. The average Bonchev–Trinajstić information content (AvgIpc) is 2.48. The molecule has 21 heavy (non-hydrogen) atoms. The van der Waals surface area contributed by atoms with E-state index in [-0.39, 0.29) is 13.2 Å². The first-order chi connectivity index (χ1) is 10.0. The summed E-state index contributed by atoms with van der Waals surface area (Å²) in [5, 5.41) is 11.5. The molecular weight excluding hydrogens is 283 g/mol. The maximum Gasteiger partial charge on any atom is 0.254 e. The standard InChI is InChI=1S/C15H12F3NO2/c16-12-6-14(18)13(17)5-11(12)15(21)19-7-9-3-1-2-4-10(9)8-20/h1-6,20H,7-8H2,(H,19,21). The van der Waals surface area contributed by atoms with Gasteiger partial charge in [-0.15, -0.1) is 0 Å². The molecule has 0 radical (unpaired) electrons. The zero-order chi connectivity index (χ0) is 15.4. The van der Waals surface area contributed by atoms with Crippen molar-refractivity contribution in [3.8, 4) is 0 Å². The van der Waals surface area contributed by atoms with Gasteiger partial charge >= 0.3 is 0 Å². The molecule has 0 saturated carbocycles. The van der Waals surface area contributed by atoms with Crippen molar-refractivity contribution >= 4 is 5.91 Å². The molecule has 2 aromatic carbocycles. The zero-order valence-corrected chi connectivity index (χ0v) is 10.9. The Balaban J connectivity index is 2.14. The summed E-state index contributed by atoms with van der Waals surface area (Å²) in [6.45, 7) is -0.167. The Morgan fingerprint density at radius 2 is 1.62 bits per heavy atom. The predicted octanol–water partition coefficient (Wildman–Crippen LogP) is 2.53. The second-order valence-corrected chi connectivity index (χ2v) is 4.36.